The molecule has 0 saturated heterocycles. The number of nitrogens with zero attached hydrogens (tertiary/aromatic N) is 1. The third-order valence-electron chi connectivity index (χ3n) is 2.45. The van der Waals surface area contributed by atoms with E-state index in [-0.39, 0.29) is 20.9 Å². The van der Waals surface area contributed by atoms with Crippen molar-refractivity contribution in [2.45, 2.75) is 11.1 Å². The number of sulfonamides is 1. The highest BCUT2D eigenvalue weighted by molar-refractivity contribution is 9.10. The first-order chi connectivity index (χ1) is 9.61. The molecule has 0 amide bonds. The van der Waals surface area contributed by atoms with Crippen LogP contribution in [-0.2, 0) is 16.2 Å². The number of anilines is 2. The van der Waals surface area contributed by atoms with Crippen molar-refractivity contribution in [1.29, 1.82) is 0 Å². The van der Waals surface area contributed by atoms with E-state index in [1.807, 2.05) is 4.72 Å². The molecule has 6 nitrogen and oxygen atoms in total. The Morgan fingerprint density at radius 2 is 2.00 bits per heavy atom. The average molecular weight is 385 g/mol. The Labute approximate surface area is 125 Å². The van der Waals surface area contributed by atoms with Gasteiger partial charge in [-0.25, -0.2) is 8.42 Å². The van der Waals surface area contributed by atoms with Gasteiger partial charge in [-0.1, -0.05) is 15.9 Å². The van der Waals surface area contributed by atoms with Crippen LogP contribution in [0.25, 0.3) is 0 Å². The number of H-pyrrole nitrogens is 1. The summed E-state index contributed by atoms with van der Waals surface area (Å²) in [5.74, 6) is -0.212. The molecule has 0 spiro atoms. The number of benzene rings is 1. The summed E-state index contributed by atoms with van der Waals surface area (Å²) in [4.78, 5) is -0.348. The molecule has 0 radical (unpaired) electrons. The van der Waals surface area contributed by atoms with Gasteiger partial charge in [-0.05, 0) is 18.2 Å². The second-order valence-corrected chi connectivity index (χ2v) is 6.45. The van der Waals surface area contributed by atoms with Crippen LogP contribution in [-0.4, -0.2) is 18.6 Å². The van der Waals surface area contributed by atoms with E-state index >= 15 is 0 Å². The quantitative estimate of drug-likeness (QED) is 0.756. The lowest BCUT2D eigenvalue weighted by Gasteiger charge is -2.12. The Hall–Kier alpha value is -1.75. The molecule has 21 heavy (non-hydrogen) atoms. The molecular formula is C10H8BrF3N4O2S. The smallest absolute Gasteiger partial charge is 0.383 e. The molecule has 1 aromatic carbocycles. The SMILES string of the molecule is Nc1[nH]ncc1S(=O)(=O)Nc1ccc(Br)c(C(F)(F)F)c1. The maximum atomic E-state index is 12.8. The van der Waals surface area contributed by atoms with Gasteiger partial charge in [0, 0.05) is 10.2 Å². The van der Waals surface area contributed by atoms with Crippen LogP contribution >= 0.6 is 15.9 Å². The standard InChI is InChI=1S/C10H8BrF3N4O2S/c11-7-2-1-5(3-6(7)10(12,13)14)18-21(19,20)8-4-16-17-9(8)15/h1-4,18H,(H3,15,16,17). The average Bonchev–Trinajstić information content (AvgIpc) is 2.77. The first-order valence-electron chi connectivity index (χ1n) is 5.29. The highest BCUT2D eigenvalue weighted by Crippen LogP contribution is 2.36. The van der Waals surface area contributed by atoms with Crippen molar-refractivity contribution >= 4 is 37.5 Å². The van der Waals surface area contributed by atoms with Crippen molar-refractivity contribution in [3.63, 3.8) is 0 Å². The Bertz CT molecular complexity index is 773. The monoisotopic (exact) mass is 384 g/mol. The summed E-state index contributed by atoms with van der Waals surface area (Å²) in [7, 11) is -4.13. The van der Waals surface area contributed by atoms with Gasteiger partial charge in [-0.2, -0.15) is 18.3 Å². The molecule has 0 aliphatic rings. The minimum absolute atomic E-state index is 0.194. The number of hydrogen-bond donors (Lipinski definition) is 3. The zero-order chi connectivity index (χ0) is 15.8. The lowest BCUT2D eigenvalue weighted by atomic mass is 10.2. The molecule has 1 aromatic heterocycles. The van der Waals surface area contributed by atoms with Crippen molar-refractivity contribution in [2.24, 2.45) is 0 Å². The Balaban J connectivity index is 2.39. The molecule has 4 N–H and O–H groups in total. The molecule has 2 aromatic rings. The summed E-state index contributed by atoms with van der Waals surface area (Å²) in [5.41, 5.74) is 4.14. The van der Waals surface area contributed by atoms with Gasteiger partial charge in [-0.3, -0.25) is 9.82 Å². The third kappa shape index (κ3) is 3.29. The molecule has 0 unspecified atom stereocenters. The third-order valence-corrected chi connectivity index (χ3v) is 4.55. The number of nitrogen functional groups attached to an aromatic ring is 1. The fourth-order valence-electron chi connectivity index (χ4n) is 1.52. The van der Waals surface area contributed by atoms with Crippen molar-refractivity contribution < 1.29 is 21.6 Å². The van der Waals surface area contributed by atoms with Gasteiger partial charge in [0.25, 0.3) is 10.0 Å². The van der Waals surface area contributed by atoms with Gasteiger partial charge in [-0.15, -0.1) is 0 Å². The number of nitrogens with one attached hydrogen (secondary N) is 2. The number of alkyl halides is 3. The minimum Gasteiger partial charge on any atom is -0.383 e. The molecular weight excluding hydrogens is 377 g/mol. The Kier molecular flexibility index (Phi) is 3.89. The number of rotatable bonds is 3. The first-order valence-corrected chi connectivity index (χ1v) is 7.57. The maximum absolute atomic E-state index is 12.8. The zero-order valence-corrected chi connectivity index (χ0v) is 12.5. The number of aromatic nitrogens is 2. The largest absolute Gasteiger partial charge is 0.417 e. The van der Waals surface area contributed by atoms with Gasteiger partial charge in [0.05, 0.1) is 11.8 Å². The number of hydrogen-bond acceptors (Lipinski definition) is 4. The van der Waals surface area contributed by atoms with E-state index in [1.54, 1.807) is 0 Å². The molecule has 0 bridgehead atoms. The van der Waals surface area contributed by atoms with Crippen LogP contribution in [0.4, 0.5) is 24.7 Å². The number of aromatic amines is 1. The number of halogens is 4. The number of nitrogens with two attached hydrogens (primary N) is 1. The minimum atomic E-state index is -4.62. The van der Waals surface area contributed by atoms with Crippen LogP contribution in [0.3, 0.4) is 0 Å². The van der Waals surface area contributed by atoms with Gasteiger partial charge in [0.1, 0.15) is 10.7 Å². The normalized spacial score (nSPS) is 12.4. The zero-order valence-electron chi connectivity index (χ0n) is 10.1. The van der Waals surface area contributed by atoms with E-state index in [4.69, 9.17) is 5.73 Å². The second-order valence-electron chi connectivity index (χ2n) is 3.95. The molecule has 1 heterocycles. The highest BCUT2D eigenvalue weighted by Gasteiger charge is 2.33. The van der Waals surface area contributed by atoms with Crippen molar-refractivity contribution in [1.82, 2.24) is 10.2 Å². The van der Waals surface area contributed by atoms with Crippen LogP contribution in [0.5, 0.6) is 0 Å². The van der Waals surface area contributed by atoms with Gasteiger partial charge in [0.2, 0.25) is 0 Å². The van der Waals surface area contributed by atoms with Gasteiger partial charge < -0.3 is 5.73 Å². The van der Waals surface area contributed by atoms with Crippen LogP contribution in [0, 0.1) is 0 Å². The summed E-state index contributed by atoms with van der Waals surface area (Å²) < 4.78 is 64.1. The molecule has 0 atom stereocenters. The lowest BCUT2D eigenvalue weighted by molar-refractivity contribution is -0.138. The van der Waals surface area contributed by atoms with Crippen molar-refractivity contribution in [3.8, 4) is 0 Å². The Morgan fingerprint density at radius 1 is 1.33 bits per heavy atom. The van der Waals surface area contributed by atoms with Crippen LogP contribution in [0.15, 0.2) is 33.8 Å². The molecule has 0 saturated carbocycles. The summed E-state index contributed by atoms with van der Waals surface area (Å²) in [5, 5.41) is 5.67. The molecule has 11 heteroatoms. The maximum Gasteiger partial charge on any atom is 0.417 e. The highest BCUT2D eigenvalue weighted by atomic mass is 79.9. The van der Waals surface area contributed by atoms with E-state index < -0.39 is 21.8 Å². The van der Waals surface area contributed by atoms with Crippen molar-refractivity contribution in [2.75, 3.05) is 10.5 Å². The summed E-state index contributed by atoms with van der Waals surface area (Å²) in [6.45, 7) is 0. The van der Waals surface area contributed by atoms with Gasteiger partial charge in [0.15, 0.2) is 0 Å². The fraction of sp³-hybridized carbons (Fsp3) is 0.100. The van der Waals surface area contributed by atoms with Crippen LogP contribution < -0.4 is 10.5 Å². The molecule has 0 aliphatic carbocycles. The molecule has 114 valence electrons. The van der Waals surface area contributed by atoms with E-state index in [1.165, 1.54) is 6.07 Å². The molecule has 0 fully saturated rings. The lowest BCUT2D eigenvalue weighted by Crippen LogP contribution is -2.15. The second kappa shape index (κ2) is 5.22. The molecule has 0 aliphatic heterocycles. The molecule has 2 rings (SSSR count). The summed E-state index contributed by atoms with van der Waals surface area (Å²) >= 11 is 2.76. The van der Waals surface area contributed by atoms with Crippen LogP contribution in [0.1, 0.15) is 5.56 Å². The predicted octanol–water partition coefficient (Wildman–Crippen LogP) is 2.57. The Morgan fingerprint density at radius 3 is 2.52 bits per heavy atom. The first kappa shape index (κ1) is 15.6. The van der Waals surface area contributed by atoms with Crippen molar-refractivity contribution in [3.05, 3.63) is 34.4 Å². The van der Waals surface area contributed by atoms with E-state index in [2.05, 4.69) is 26.1 Å². The summed E-state index contributed by atoms with van der Waals surface area (Å²) in [6.07, 6.45) is -3.66. The summed E-state index contributed by atoms with van der Waals surface area (Å²) in [6, 6.07) is 2.96. The predicted molar refractivity (Wildman–Crippen MR) is 73.0 cm³/mol. The van der Waals surface area contributed by atoms with E-state index in [0.717, 1.165) is 12.3 Å². The van der Waals surface area contributed by atoms with Gasteiger partial charge >= 0.3 is 6.18 Å². The van der Waals surface area contributed by atoms with E-state index in [0.29, 0.717) is 6.07 Å². The fourth-order valence-corrected chi connectivity index (χ4v) is 3.06. The van der Waals surface area contributed by atoms with Crippen LogP contribution in [0.2, 0.25) is 0 Å². The topological polar surface area (TPSA) is 101 Å². The van der Waals surface area contributed by atoms with E-state index in [9.17, 15) is 21.6 Å².